The van der Waals surface area contributed by atoms with E-state index in [2.05, 4.69) is 25.6 Å². The molecule has 0 spiro atoms. The van der Waals surface area contributed by atoms with Gasteiger partial charge in [0.2, 0.25) is 5.91 Å². The summed E-state index contributed by atoms with van der Waals surface area (Å²) >= 11 is 1.30. The summed E-state index contributed by atoms with van der Waals surface area (Å²) in [5.74, 6) is -0.553. The van der Waals surface area contributed by atoms with Crippen LogP contribution in [-0.4, -0.2) is 26.8 Å². The van der Waals surface area contributed by atoms with Gasteiger partial charge in [0, 0.05) is 29.3 Å². The summed E-state index contributed by atoms with van der Waals surface area (Å²) < 4.78 is 5.12. The van der Waals surface area contributed by atoms with Gasteiger partial charge < -0.3 is 4.42 Å². The molecule has 0 saturated heterocycles. The minimum Gasteiger partial charge on any atom is -0.431 e. The second-order valence-corrected chi connectivity index (χ2v) is 6.39. The monoisotopic (exact) mass is 355 g/mol. The Morgan fingerprint density at radius 3 is 2.88 bits per heavy atom. The number of pyridine rings is 1. The lowest BCUT2D eigenvalue weighted by Gasteiger charge is -1.98. The standard InChI is InChI=1S/C16H13N5O3S/c22-13(9-3-4-9)20-15-18-11(7-24-15)14(23)21-16-19-12(8-25-16)10-2-1-5-17-6-10/h1-2,5-9H,3-4H2,(H,18,20,22)(H,19,21,23). The van der Waals surface area contributed by atoms with E-state index in [1.807, 2.05) is 17.5 Å². The molecule has 0 aliphatic heterocycles. The normalized spacial score (nSPS) is 13.4. The topological polar surface area (TPSA) is 110 Å². The van der Waals surface area contributed by atoms with Crippen molar-refractivity contribution in [1.29, 1.82) is 0 Å². The molecular weight excluding hydrogens is 342 g/mol. The molecule has 126 valence electrons. The molecule has 0 bridgehead atoms. The number of carbonyl (C=O) groups is 2. The van der Waals surface area contributed by atoms with Crippen molar-refractivity contribution >= 4 is 34.3 Å². The summed E-state index contributed by atoms with van der Waals surface area (Å²) in [5, 5.41) is 7.49. The third kappa shape index (κ3) is 3.56. The first-order valence-electron chi connectivity index (χ1n) is 7.63. The van der Waals surface area contributed by atoms with E-state index in [1.54, 1.807) is 12.4 Å². The van der Waals surface area contributed by atoms with Gasteiger partial charge in [-0.05, 0) is 25.0 Å². The molecular formula is C16H13N5O3S. The van der Waals surface area contributed by atoms with Crippen LogP contribution in [0.15, 0.2) is 40.6 Å². The van der Waals surface area contributed by atoms with Crippen molar-refractivity contribution in [1.82, 2.24) is 15.0 Å². The van der Waals surface area contributed by atoms with Gasteiger partial charge in [-0.25, -0.2) is 4.98 Å². The molecule has 1 aliphatic rings. The number of oxazole rings is 1. The quantitative estimate of drug-likeness (QED) is 0.728. The maximum atomic E-state index is 12.2. The average Bonchev–Trinajstić information content (AvgIpc) is 3.21. The van der Waals surface area contributed by atoms with Crippen LogP contribution < -0.4 is 10.6 Å². The molecule has 1 aliphatic carbocycles. The molecule has 2 amide bonds. The molecule has 25 heavy (non-hydrogen) atoms. The molecule has 1 fully saturated rings. The highest BCUT2D eigenvalue weighted by Crippen LogP contribution is 2.30. The van der Waals surface area contributed by atoms with E-state index < -0.39 is 5.91 Å². The van der Waals surface area contributed by atoms with Crippen LogP contribution in [0.1, 0.15) is 23.3 Å². The third-order valence-corrected chi connectivity index (χ3v) is 4.35. The van der Waals surface area contributed by atoms with Crippen LogP contribution in [0.25, 0.3) is 11.3 Å². The lowest BCUT2D eigenvalue weighted by molar-refractivity contribution is -0.117. The summed E-state index contributed by atoms with van der Waals surface area (Å²) in [6.07, 6.45) is 6.34. The minimum atomic E-state index is -0.456. The fourth-order valence-corrected chi connectivity index (χ4v) is 2.84. The highest BCUT2D eigenvalue weighted by Gasteiger charge is 2.30. The molecule has 3 heterocycles. The van der Waals surface area contributed by atoms with Gasteiger partial charge in [0.1, 0.15) is 6.26 Å². The molecule has 0 aromatic carbocycles. The molecule has 3 aromatic heterocycles. The first-order valence-corrected chi connectivity index (χ1v) is 8.50. The van der Waals surface area contributed by atoms with Crippen molar-refractivity contribution in [3.63, 3.8) is 0 Å². The molecule has 1 saturated carbocycles. The highest BCUT2D eigenvalue weighted by atomic mass is 32.1. The maximum Gasteiger partial charge on any atom is 0.302 e. The number of nitrogens with zero attached hydrogens (tertiary/aromatic N) is 3. The Morgan fingerprint density at radius 2 is 2.12 bits per heavy atom. The molecule has 8 nitrogen and oxygen atoms in total. The van der Waals surface area contributed by atoms with Gasteiger partial charge in [-0.1, -0.05) is 0 Å². The van der Waals surface area contributed by atoms with E-state index in [4.69, 9.17) is 4.42 Å². The number of carbonyl (C=O) groups excluding carboxylic acids is 2. The largest absolute Gasteiger partial charge is 0.431 e. The Kier molecular flexibility index (Phi) is 3.98. The Bertz CT molecular complexity index is 917. The lowest BCUT2D eigenvalue weighted by Crippen LogP contribution is -2.15. The predicted molar refractivity (Wildman–Crippen MR) is 91.2 cm³/mol. The summed E-state index contributed by atoms with van der Waals surface area (Å²) in [5.41, 5.74) is 1.67. The van der Waals surface area contributed by atoms with Crippen molar-refractivity contribution in [2.45, 2.75) is 12.8 Å². The second kappa shape index (κ2) is 6.44. The Morgan fingerprint density at radius 1 is 1.24 bits per heavy atom. The van der Waals surface area contributed by atoms with Crippen LogP contribution in [0.4, 0.5) is 11.1 Å². The zero-order chi connectivity index (χ0) is 17.2. The maximum absolute atomic E-state index is 12.2. The zero-order valence-corrected chi connectivity index (χ0v) is 13.7. The number of thiazole rings is 1. The SMILES string of the molecule is O=C(Nc1nc(-c2cccnc2)cs1)c1coc(NC(=O)C2CC2)n1. The van der Waals surface area contributed by atoms with E-state index in [0.717, 1.165) is 24.1 Å². The van der Waals surface area contributed by atoms with E-state index in [0.29, 0.717) is 5.13 Å². The Labute approximate surface area is 146 Å². The molecule has 0 unspecified atom stereocenters. The first-order chi connectivity index (χ1) is 12.2. The van der Waals surface area contributed by atoms with E-state index in [9.17, 15) is 9.59 Å². The number of anilines is 2. The van der Waals surface area contributed by atoms with Crippen LogP contribution in [-0.2, 0) is 4.79 Å². The van der Waals surface area contributed by atoms with Gasteiger partial charge in [0.05, 0.1) is 5.69 Å². The average molecular weight is 355 g/mol. The number of hydrogen-bond donors (Lipinski definition) is 2. The van der Waals surface area contributed by atoms with Crippen molar-refractivity contribution in [3.8, 4) is 11.3 Å². The molecule has 0 atom stereocenters. The number of rotatable bonds is 5. The van der Waals surface area contributed by atoms with Crippen molar-refractivity contribution in [2.75, 3.05) is 10.6 Å². The van der Waals surface area contributed by atoms with E-state index in [1.165, 1.54) is 17.6 Å². The fourth-order valence-electron chi connectivity index (χ4n) is 2.13. The van der Waals surface area contributed by atoms with Crippen LogP contribution in [0, 0.1) is 5.92 Å². The fraction of sp³-hybridized carbons (Fsp3) is 0.188. The predicted octanol–water partition coefficient (Wildman–Crippen LogP) is 2.79. The highest BCUT2D eigenvalue weighted by molar-refractivity contribution is 7.14. The first kappa shape index (κ1) is 15.5. The summed E-state index contributed by atoms with van der Waals surface area (Å²) in [6, 6.07) is 3.73. The number of amides is 2. The zero-order valence-electron chi connectivity index (χ0n) is 12.9. The molecule has 9 heteroatoms. The van der Waals surface area contributed by atoms with E-state index in [-0.39, 0.29) is 23.5 Å². The Hall–Kier alpha value is -3.07. The Balaban J connectivity index is 1.41. The van der Waals surface area contributed by atoms with Crippen molar-refractivity contribution in [3.05, 3.63) is 41.9 Å². The van der Waals surface area contributed by atoms with Crippen LogP contribution in [0.3, 0.4) is 0 Å². The number of aromatic nitrogens is 3. The molecule has 3 aromatic rings. The van der Waals surface area contributed by atoms with Gasteiger partial charge in [-0.2, -0.15) is 4.98 Å². The number of hydrogen-bond acceptors (Lipinski definition) is 7. The summed E-state index contributed by atoms with van der Waals surface area (Å²) in [4.78, 5) is 36.2. The minimum absolute atomic E-state index is 0.0252. The molecule has 4 rings (SSSR count). The van der Waals surface area contributed by atoms with Gasteiger partial charge in [-0.3, -0.25) is 25.2 Å². The smallest absolute Gasteiger partial charge is 0.302 e. The summed E-state index contributed by atoms with van der Waals surface area (Å²) in [6.45, 7) is 0. The van der Waals surface area contributed by atoms with E-state index >= 15 is 0 Å². The molecule has 0 radical (unpaired) electrons. The van der Waals surface area contributed by atoms with Crippen LogP contribution in [0.2, 0.25) is 0 Å². The van der Waals surface area contributed by atoms with Gasteiger partial charge >= 0.3 is 6.01 Å². The number of nitrogens with one attached hydrogen (secondary N) is 2. The van der Waals surface area contributed by atoms with Crippen molar-refractivity contribution < 1.29 is 14.0 Å². The van der Waals surface area contributed by atoms with Gasteiger partial charge in [0.15, 0.2) is 10.8 Å². The van der Waals surface area contributed by atoms with Crippen LogP contribution in [0.5, 0.6) is 0 Å². The lowest BCUT2D eigenvalue weighted by atomic mass is 10.2. The third-order valence-electron chi connectivity index (χ3n) is 3.60. The van der Waals surface area contributed by atoms with Crippen LogP contribution >= 0.6 is 11.3 Å². The van der Waals surface area contributed by atoms with Gasteiger partial charge in [-0.15, -0.1) is 11.3 Å². The van der Waals surface area contributed by atoms with Crippen molar-refractivity contribution in [2.24, 2.45) is 5.92 Å². The van der Waals surface area contributed by atoms with Gasteiger partial charge in [0.25, 0.3) is 5.91 Å². The summed E-state index contributed by atoms with van der Waals surface area (Å²) in [7, 11) is 0. The molecule has 2 N–H and O–H groups in total. The second-order valence-electron chi connectivity index (χ2n) is 5.54.